The Morgan fingerprint density at radius 3 is 1.60 bits per heavy atom. The van der Waals surface area contributed by atoms with E-state index in [2.05, 4.69) is 204 Å². The van der Waals surface area contributed by atoms with Gasteiger partial charge in [-0.05, 0) is 106 Å². The molecule has 4 nitrogen and oxygen atoms in total. The van der Waals surface area contributed by atoms with Crippen LogP contribution >= 0.6 is 0 Å². The highest BCUT2D eigenvalue weighted by Crippen LogP contribution is 2.53. The van der Waals surface area contributed by atoms with E-state index >= 15 is 0 Å². The van der Waals surface area contributed by atoms with Gasteiger partial charge in [0, 0.05) is 67.6 Å². The SMILES string of the molecule is c1cc(-c2ccc(N3c4ccccc4-c4ccccc4-c4c3ccc3ccccc43)cc2)cc(N(c2ccc3c(c2)oc2ccccc23)c2ccc3c(c2)oc2ccccc23)c1. The Morgan fingerprint density at radius 1 is 0.323 bits per heavy atom. The van der Waals surface area contributed by atoms with Crippen LogP contribution in [0.5, 0.6) is 0 Å². The average molecular weight is 793 g/mol. The molecule has 290 valence electrons. The highest BCUT2D eigenvalue weighted by Gasteiger charge is 2.27. The summed E-state index contributed by atoms with van der Waals surface area (Å²) < 4.78 is 12.8. The number of furan rings is 2. The lowest BCUT2D eigenvalue weighted by Gasteiger charge is -2.28. The van der Waals surface area contributed by atoms with Crippen molar-refractivity contribution in [2.45, 2.75) is 0 Å². The van der Waals surface area contributed by atoms with Crippen molar-refractivity contribution in [3.8, 4) is 33.4 Å². The monoisotopic (exact) mass is 792 g/mol. The lowest BCUT2D eigenvalue weighted by Crippen LogP contribution is -2.11. The number of benzene rings is 10. The zero-order valence-corrected chi connectivity index (χ0v) is 33.5. The second kappa shape index (κ2) is 13.6. The maximum absolute atomic E-state index is 6.42. The van der Waals surface area contributed by atoms with Gasteiger partial charge in [-0.2, -0.15) is 0 Å². The minimum atomic E-state index is 0.845. The third kappa shape index (κ3) is 5.33. The molecule has 0 fully saturated rings. The summed E-state index contributed by atoms with van der Waals surface area (Å²) in [5.41, 5.74) is 17.0. The van der Waals surface area contributed by atoms with E-state index in [1.54, 1.807) is 0 Å². The van der Waals surface area contributed by atoms with Gasteiger partial charge in [-0.15, -0.1) is 0 Å². The summed E-state index contributed by atoms with van der Waals surface area (Å²) in [5.74, 6) is 0. The van der Waals surface area contributed by atoms with Gasteiger partial charge in [0.15, 0.2) is 0 Å². The van der Waals surface area contributed by atoms with Crippen LogP contribution in [0.25, 0.3) is 88.0 Å². The standard InChI is InChI=1S/C58H36N2O2/c1-2-15-44-38(12-1)26-33-53-58(44)51-20-4-3-16-45(51)46-17-5-8-21-52(46)60(53)40-27-24-37(25-28-40)39-13-11-14-41(34-39)59(42-29-31-49-47-18-6-9-22-54(47)61-56(49)35-42)43-30-32-50-48-19-7-10-23-55(48)62-57(50)36-43/h1-36H. The molecule has 0 N–H and O–H groups in total. The first-order chi connectivity index (χ1) is 30.7. The van der Waals surface area contributed by atoms with E-state index in [1.807, 2.05) is 24.3 Å². The summed E-state index contributed by atoms with van der Waals surface area (Å²) in [5, 5.41) is 6.88. The zero-order chi connectivity index (χ0) is 40.7. The van der Waals surface area contributed by atoms with Gasteiger partial charge >= 0.3 is 0 Å². The Hall–Kier alpha value is -8.34. The molecule has 0 amide bonds. The first-order valence-electron chi connectivity index (χ1n) is 21.1. The molecule has 0 aliphatic carbocycles. The molecule has 3 heterocycles. The number of fused-ring (bicyclic) bond motifs is 13. The smallest absolute Gasteiger partial charge is 0.137 e. The second-order valence-electron chi connectivity index (χ2n) is 16.1. The molecule has 0 saturated carbocycles. The van der Waals surface area contributed by atoms with Gasteiger partial charge in [-0.25, -0.2) is 0 Å². The van der Waals surface area contributed by atoms with Crippen LogP contribution in [0, 0.1) is 0 Å². The Balaban J connectivity index is 0.939. The maximum atomic E-state index is 6.42. The molecule has 1 aliphatic rings. The minimum absolute atomic E-state index is 0.845. The van der Waals surface area contributed by atoms with Gasteiger partial charge in [0.2, 0.25) is 0 Å². The average Bonchev–Trinajstić information content (AvgIpc) is 3.86. The van der Waals surface area contributed by atoms with Crippen LogP contribution in [0.2, 0.25) is 0 Å². The van der Waals surface area contributed by atoms with Gasteiger partial charge in [-0.1, -0.05) is 133 Å². The molecule has 0 atom stereocenters. The summed E-state index contributed by atoms with van der Waals surface area (Å²) in [6, 6.07) is 78.2. The highest BCUT2D eigenvalue weighted by atomic mass is 16.3. The van der Waals surface area contributed by atoms with Crippen molar-refractivity contribution in [2.24, 2.45) is 0 Å². The van der Waals surface area contributed by atoms with Gasteiger partial charge in [0.25, 0.3) is 0 Å². The fraction of sp³-hybridized carbons (Fsp3) is 0. The van der Waals surface area contributed by atoms with Crippen LogP contribution in [0.15, 0.2) is 227 Å². The summed E-state index contributed by atoms with van der Waals surface area (Å²) in [4.78, 5) is 4.73. The van der Waals surface area contributed by atoms with Crippen molar-refractivity contribution in [2.75, 3.05) is 9.80 Å². The van der Waals surface area contributed by atoms with Crippen molar-refractivity contribution < 1.29 is 8.83 Å². The van der Waals surface area contributed by atoms with Gasteiger partial charge in [0.05, 0.1) is 11.4 Å². The van der Waals surface area contributed by atoms with Crippen LogP contribution in [0.4, 0.5) is 34.1 Å². The molecular weight excluding hydrogens is 757 g/mol. The summed E-state index contributed by atoms with van der Waals surface area (Å²) in [6.45, 7) is 0. The lowest BCUT2D eigenvalue weighted by molar-refractivity contribution is 0.669. The molecule has 13 rings (SSSR count). The predicted molar refractivity (Wildman–Crippen MR) is 258 cm³/mol. The first-order valence-corrected chi connectivity index (χ1v) is 21.1. The number of para-hydroxylation sites is 3. The van der Waals surface area contributed by atoms with E-state index in [0.717, 1.165) is 89.1 Å². The fourth-order valence-electron chi connectivity index (χ4n) is 9.75. The molecule has 62 heavy (non-hydrogen) atoms. The molecule has 2 aromatic heterocycles. The number of anilines is 6. The van der Waals surface area contributed by atoms with Crippen LogP contribution in [0.3, 0.4) is 0 Å². The lowest BCUT2D eigenvalue weighted by atomic mass is 9.91. The van der Waals surface area contributed by atoms with Crippen molar-refractivity contribution in [1.29, 1.82) is 0 Å². The van der Waals surface area contributed by atoms with Gasteiger partial charge in [0.1, 0.15) is 22.3 Å². The Bertz CT molecular complexity index is 3610. The predicted octanol–water partition coefficient (Wildman–Crippen LogP) is 16.9. The first kappa shape index (κ1) is 34.5. The molecule has 0 radical (unpaired) electrons. The second-order valence-corrected chi connectivity index (χ2v) is 16.1. The molecule has 0 saturated heterocycles. The highest BCUT2D eigenvalue weighted by molar-refractivity contribution is 6.12. The Morgan fingerprint density at radius 2 is 0.887 bits per heavy atom. The largest absolute Gasteiger partial charge is 0.456 e. The Kier molecular flexibility index (Phi) is 7.57. The molecule has 12 aromatic rings. The van der Waals surface area contributed by atoms with Crippen molar-refractivity contribution in [3.05, 3.63) is 218 Å². The maximum Gasteiger partial charge on any atom is 0.137 e. The number of nitrogens with zero attached hydrogens (tertiary/aromatic N) is 2. The third-order valence-corrected chi connectivity index (χ3v) is 12.6. The van der Waals surface area contributed by atoms with E-state index < -0.39 is 0 Å². The molecule has 0 bridgehead atoms. The van der Waals surface area contributed by atoms with E-state index in [4.69, 9.17) is 8.83 Å². The van der Waals surface area contributed by atoms with Crippen molar-refractivity contribution >= 4 is 88.8 Å². The van der Waals surface area contributed by atoms with Crippen LogP contribution in [0.1, 0.15) is 0 Å². The number of hydrogen-bond donors (Lipinski definition) is 0. The third-order valence-electron chi connectivity index (χ3n) is 12.6. The molecule has 0 unspecified atom stereocenters. The molecule has 1 aliphatic heterocycles. The number of rotatable bonds is 5. The van der Waals surface area contributed by atoms with Crippen molar-refractivity contribution in [3.63, 3.8) is 0 Å². The quantitative estimate of drug-likeness (QED) is 0.174. The Labute approximate surface area is 357 Å². The molecule has 0 spiro atoms. The van der Waals surface area contributed by atoms with Crippen LogP contribution in [-0.4, -0.2) is 0 Å². The van der Waals surface area contributed by atoms with E-state index in [9.17, 15) is 0 Å². The summed E-state index contributed by atoms with van der Waals surface area (Å²) >= 11 is 0. The molecule has 10 aromatic carbocycles. The minimum Gasteiger partial charge on any atom is -0.456 e. The van der Waals surface area contributed by atoms with E-state index in [0.29, 0.717) is 0 Å². The summed E-state index contributed by atoms with van der Waals surface area (Å²) in [6.07, 6.45) is 0. The van der Waals surface area contributed by atoms with Crippen molar-refractivity contribution in [1.82, 2.24) is 0 Å². The van der Waals surface area contributed by atoms with Crippen LogP contribution < -0.4 is 9.80 Å². The molecular formula is C58H36N2O2. The van der Waals surface area contributed by atoms with E-state index in [1.165, 1.54) is 33.0 Å². The topological polar surface area (TPSA) is 32.8 Å². The summed E-state index contributed by atoms with van der Waals surface area (Å²) in [7, 11) is 0. The van der Waals surface area contributed by atoms with Gasteiger partial charge in [-0.3, -0.25) is 0 Å². The zero-order valence-electron chi connectivity index (χ0n) is 33.5. The molecule has 4 heteroatoms. The van der Waals surface area contributed by atoms with Gasteiger partial charge < -0.3 is 18.6 Å². The van der Waals surface area contributed by atoms with Crippen LogP contribution in [-0.2, 0) is 0 Å². The number of hydrogen-bond acceptors (Lipinski definition) is 4. The fourth-order valence-corrected chi connectivity index (χ4v) is 9.75. The van der Waals surface area contributed by atoms with E-state index in [-0.39, 0.29) is 0 Å². The normalized spacial score (nSPS) is 12.2.